The molecule has 3 aliphatic carbocycles. The standard InChI is InChI=1S/C51H38O/c1-51(2)45-26-24-35(28-43(45)41-25-23-33-29-47-44(30-42(33)50(41)51)36-17-10-11-22-46(36)52-47)49-39-20-8-6-18-37(39)48(38-19-7-9-21-40(38)49)34-16-12-15-32(27-34)31-13-4-3-5-14-31/h3-26,29-30,32,43H,27-28H2,1-2H3. The van der Waals surface area contributed by atoms with Crippen molar-refractivity contribution in [1.82, 2.24) is 0 Å². The minimum atomic E-state index is -0.0843. The van der Waals surface area contributed by atoms with Crippen LogP contribution in [0.1, 0.15) is 66.3 Å². The summed E-state index contributed by atoms with van der Waals surface area (Å²) in [5.74, 6) is 0.703. The Morgan fingerprint density at radius 2 is 1.17 bits per heavy atom. The Balaban J connectivity index is 1.06. The van der Waals surface area contributed by atoms with Gasteiger partial charge in [-0.15, -0.1) is 0 Å². The van der Waals surface area contributed by atoms with Crippen LogP contribution in [0.3, 0.4) is 0 Å². The normalized spacial score (nSPS) is 19.2. The lowest BCUT2D eigenvalue weighted by Gasteiger charge is -2.29. The molecule has 2 atom stereocenters. The van der Waals surface area contributed by atoms with Crippen LogP contribution in [0.5, 0.6) is 0 Å². The quantitative estimate of drug-likeness (QED) is 0.171. The van der Waals surface area contributed by atoms with Crippen molar-refractivity contribution >= 4 is 65.4 Å². The third kappa shape index (κ3) is 4.23. The average Bonchev–Trinajstić information content (AvgIpc) is 3.67. The molecule has 0 saturated heterocycles. The van der Waals surface area contributed by atoms with E-state index >= 15 is 0 Å². The van der Waals surface area contributed by atoms with E-state index in [2.05, 4.69) is 172 Å². The Kier molecular flexibility index (Phi) is 6.32. The minimum Gasteiger partial charge on any atom is -0.456 e. The Morgan fingerprint density at radius 1 is 0.538 bits per heavy atom. The van der Waals surface area contributed by atoms with Gasteiger partial charge >= 0.3 is 0 Å². The first kappa shape index (κ1) is 29.8. The molecule has 3 aliphatic rings. The highest BCUT2D eigenvalue weighted by atomic mass is 16.3. The number of hydrogen-bond acceptors (Lipinski definition) is 1. The molecular weight excluding hydrogens is 629 g/mol. The van der Waals surface area contributed by atoms with Crippen LogP contribution < -0.4 is 0 Å². The van der Waals surface area contributed by atoms with Crippen molar-refractivity contribution < 1.29 is 4.42 Å². The molecule has 0 aliphatic heterocycles. The maximum Gasteiger partial charge on any atom is 0.136 e. The molecule has 11 rings (SSSR count). The van der Waals surface area contributed by atoms with Gasteiger partial charge in [-0.25, -0.2) is 0 Å². The van der Waals surface area contributed by atoms with Crippen molar-refractivity contribution in [3.05, 3.63) is 191 Å². The molecule has 248 valence electrons. The maximum atomic E-state index is 6.31. The van der Waals surface area contributed by atoms with Crippen LogP contribution in [0, 0.1) is 0 Å². The highest BCUT2D eigenvalue weighted by molar-refractivity contribution is 6.16. The van der Waals surface area contributed by atoms with E-state index in [0.29, 0.717) is 11.8 Å². The summed E-state index contributed by atoms with van der Waals surface area (Å²) in [6.07, 6.45) is 13.9. The van der Waals surface area contributed by atoms with Gasteiger partial charge in [-0.05, 0) is 102 Å². The Bertz CT molecular complexity index is 2870. The van der Waals surface area contributed by atoms with E-state index in [9.17, 15) is 0 Å². The predicted octanol–water partition coefficient (Wildman–Crippen LogP) is 14.0. The highest BCUT2D eigenvalue weighted by Crippen LogP contribution is 2.58. The van der Waals surface area contributed by atoms with Crippen LogP contribution in [0.25, 0.3) is 65.4 Å². The van der Waals surface area contributed by atoms with Crippen molar-refractivity contribution in [1.29, 1.82) is 0 Å². The monoisotopic (exact) mass is 666 g/mol. The van der Waals surface area contributed by atoms with Gasteiger partial charge in [0.25, 0.3) is 0 Å². The number of allylic oxidation sites excluding steroid dienone is 8. The molecule has 7 aromatic carbocycles. The van der Waals surface area contributed by atoms with Gasteiger partial charge in [0.1, 0.15) is 11.2 Å². The molecule has 0 fully saturated rings. The minimum absolute atomic E-state index is 0.0843. The van der Waals surface area contributed by atoms with E-state index in [-0.39, 0.29) is 5.41 Å². The summed E-state index contributed by atoms with van der Waals surface area (Å²) >= 11 is 0. The fourth-order valence-corrected chi connectivity index (χ4v) is 10.1. The van der Waals surface area contributed by atoms with Crippen molar-refractivity contribution in [2.24, 2.45) is 0 Å². The second-order valence-corrected chi connectivity index (χ2v) is 15.5. The first-order valence-electron chi connectivity index (χ1n) is 18.7. The smallest absolute Gasteiger partial charge is 0.136 e. The van der Waals surface area contributed by atoms with Crippen LogP contribution in [0.2, 0.25) is 0 Å². The summed E-state index contributed by atoms with van der Waals surface area (Å²) in [4.78, 5) is 0. The average molecular weight is 667 g/mol. The zero-order valence-corrected chi connectivity index (χ0v) is 29.5. The van der Waals surface area contributed by atoms with Gasteiger partial charge in [-0.1, -0.05) is 159 Å². The molecule has 0 N–H and O–H groups in total. The number of para-hydroxylation sites is 1. The largest absolute Gasteiger partial charge is 0.456 e. The van der Waals surface area contributed by atoms with E-state index < -0.39 is 0 Å². The predicted molar refractivity (Wildman–Crippen MR) is 220 cm³/mol. The number of furan rings is 1. The number of rotatable bonds is 3. The molecule has 8 aromatic rings. The number of fused-ring (bicyclic) bond motifs is 10. The summed E-state index contributed by atoms with van der Waals surface area (Å²) < 4.78 is 6.31. The zero-order valence-electron chi connectivity index (χ0n) is 29.5. The Morgan fingerprint density at radius 3 is 1.88 bits per heavy atom. The fraction of sp³-hybridized carbons (Fsp3) is 0.137. The van der Waals surface area contributed by atoms with Crippen LogP contribution in [0.4, 0.5) is 0 Å². The second-order valence-electron chi connectivity index (χ2n) is 15.5. The summed E-state index contributed by atoms with van der Waals surface area (Å²) in [6, 6.07) is 47.0. The Hall–Kier alpha value is -5.92. The van der Waals surface area contributed by atoms with Gasteiger partial charge in [-0.3, -0.25) is 0 Å². The van der Waals surface area contributed by atoms with Crippen molar-refractivity contribution in [2.75, 3.05) is 0 Å². The van der Waals surface area contributed by atoms with Gasteiger partial charge in [0.05, 0.1) is 0 Å². The van der Waals surface area contributed by atoms with E-state index in [1.807, 2.05) is 0 Å². The molecule has 1 heteroatoms. The van der Waals surface area contributed by atoms with Gasteiger partial charge in [0.2, 0.25) is 0 Å². The van der Waals surface area contributed by atoms with Crippen molar-refractivity contribution in [2.45, 2.75) is 43.9 Å². The van der Waals surface area contributed by atoms with E-state index in [1.165, 1.54) is 87.6 Å². The molecule has 0 spiro atoms. The fourth-order valence-electron chi connectivity index (χ4n) is 10.1. The van der Waals surface area contributed by atoms with E-state index in [0.717, 1.165) is 24.0 Å². The van der Waals surface area contributed by atoms with Gasteiger partial charge in [0.15, 0.2) is 0 Å². The van der Waals surface area contributed by atoms with E-state index in [1.54, 1.807) is 0 Å². The molecule has 2 unspecified atom stereocenters. The first-order valence-corrected chi connectivity index (χ1v) is 18.7. The summed E-state index contributed by atoms with van der Waals surface area (Å²) in [5, 5.41) is 10.4. The number of hydrogen-bond donors (Lipinski definition) is 0. The summed E-state index contributed by atoms with van der Waals surface area (Å²) in [7, 11) is 0. The third-order valence-electron chi connectivity index (χ3n) is 12.4. The van der Waals surface area contributed by atoms with Gasteiger partial charge < -0.3 is 4.42 Å². The van der Waals surface area contributed by atoms with Crippen LogP contribution >= 0.6 is 0 Å². The topological polar surface area (TPSA) is 13.1 Å². The highest BCUT2D eigenvalue weighted by Gasteiger charge is 2.44. The maximum absolute atomic E-state index is 6.31. The molecule has 0 bridgehead atoms. The van der Waals surface area contributed by atoms with Gasteiger partial charge in [-0.2, -0.15) is 0 Å². The summed E-state index contributed by atoms with van der Waals surface area (Å²) in [5.41, 5.74) is 13.3. The SMILES string of the molecule is CC1(C)C2=CC=C(c3c4ccccc4c(C4=CC=CC(c5ccccc5)C4)c4ccccc34)CC2c2ccc3cc4oc5ccccc5c4cc3c21. The lowest BCUT2D eigenvalue weighted by atomic mass is 9.74. The van der Waals surface area contributed by atoms with Crippen LogP contribution in [-0.4, -0.2) is 0 Å². The third-order valence-corrected chi connectivity index (χ3v) is 12.4. The first-order chi connectivity index (χ1) is 25.5. The molecule has 1 heterocycles. The van der Waals surface area contributed by atoms with E-state index in [4.69, 9.17) is 4.42 Å². The lowest BCUT2D eigenvalue weighted by molar-refractivity contribution is 0.618. The molecule has 52 heavy (non-hydrogen) atoms. The molecule has 1 nitrogen and oxygen atoms in total. The van der Waals surface area contributed by atoms with Crippen molar-refractivity contribution in [3.63, 3.8) is 0 Å². The second kappa shape index (κ2) is 11.0. The number of benzene rings is 7. The van der Waals surface area contributed by atoms with Crippen LogP contribution in [0.15, 0.2) is 168 Å². The zero-order chi connectivity index (χ0) is 34.6. The van der Waals surface area contributed by atoms with Crippen molar-refractivity contribution in [3.8, 4) is 0 Å². The van der Waals surface area contributed by atoms with Gasteiger partial charge in [0, 0.05) is 28.0 Å². The molecule has 0 amide bonds. The molecule has 0 saturated carbocycles. The van der Waals surface area contributed by atoms with Crippen LogP contribution in [-0.2, 0) is 5.41 Å². The molecule has 0 radical (unpaired) electrons. The Labute approximate surface area is 303 Å². The molecule has 1 aromatic heterocycles. The summed E-state index contributed by atoms with van der Waals surface area (Å²) in [6.45, 7) is 4.87. The molecular formula is C51H38O. The lowest BCUT2D eigenvalue weighted by Crippen LogP contribution is -2.18.